The van der Waals surface area contributed by atoms with Gasteiger partial charge in [-0.3, -0.25) is 9.59 Å². The molecule has 2 aromatic rings. The molecule has 21 heavy (non-hydrogen) atoms. The molecule has 0 aliphatic carbocycles. The van der Waals surface area contributed by atoms with E-state index >= 15 is 0 Å². The predicted molar refractivity (Wildman–Crippen MR) is 80.3 cm³/mol. The van der Waals surface area contributed by atoms with E-state index in [0.717, 1.165) is 16.7 Å². The quantitative estimate of drug-likeness (QED) is 0.934. The number of aryl methyl sites for hydroxylation is 4. The molecule has 0 aliphatic rings. The first-order valence-electron chi connectivity index (χ1n) is 6.75. The maximum Gasteiger partial charge on any atom is 0.303 e. The Kier molecular flexibility index (Phi) is 4.21. The maximum atomic E-state index is 12.0. The van der Waals surface area contributed by atoms with Crippen molar-refractivity contribution in [2.45, 2.75) is 26.7 Å². The van der Waals surface area contributed by atoms with Crippen LogP contribution < -0.4 is 5.56 Å². The molecule has 0 amide bonds. The maximum absolute atomic E-state index is 12.0. The molecule has 0 atom stereocenters. The SMILES string of the molecule is Cc1ccc(C)c(-c2cc(CCC(=O)O)c(=O)n(C)n2)c1. The average molecular weight is 286 g/mol. The summed E-state index contributed by atoms with van der Waals surface area (Å²) in [6, 6.07) is 7.75. The molecule has 0 spiro atoms. The second-order valence-corrected chi connectivity index (χ2v) is 5.20. The van der Waals surface area contributed by atoms with Gasteiger partial charge in [0.2, 0.25) is 0 Å². The molecule has 0 aliphatic heterocycles. The summed E-state index contributed by atoms with van der Waals surface area (Å²) in [4.78, 5) is 22.7. The molecule has 5 nitrogen and oxygen atoms in total. The number of hydrogen-bond donors (Lipinski definition) is 1. The Morgan fingerprint density at radius 2 is 2.00 bits per heavy atom. The fourth-order valence-electron chi connectivity index (χ4n) is 2.23. The third kappa shape index (κ3) is 3.37. The summed E-state index contributed by atoms with van der Waals surface area (Å²) in [5.41, 5.74) is 4.06. The molecule has 2 rings (SSSR count). The van der Waals surface area contributed by atoms with Gasteiger partial charge in [-0.05, 0) is 38.0 Å². The van der Waals surface area contributed by atoms with Crippen molar-refractivity contribution < 1.29 is 9.90 Å². The van der Waals surface area contributed by atoms with Gasteiger partial charge in [0.25, 0.3) is 5.56 Å². The normalized spacial score (nSPS) is 10.6. The Labute approximate surface area is 122 Å². The highest BCUT2D eigenvalue weighted by Crippen LogP contribution is 2.22. The molecule has 0 radical (unpaired) electrons. The van der Waals surface area contributed by atoms with Crippen LogP contribution in [0, 0.1) is 13.8 Å². The van der Waals surface area contributed by atoms with Crippen molar-refractivity contribution in [3.05, 3.63) is 51.3 Å². The van der Waals surface area contributed by atoms with Crippen LogP contribution in [0.15, 0.2) is 29.1 Å². The number of nitrogens with zero attached hydrogens (tertiary/aromatic N) is 2. The fourth-order valence-corrected chi connectivity index (χ4v) is 2.23. The zero-order valence-electron chi connectivity index (χ0n) is 12.4. The van der Waals surface area contributed by atoms with Crippen LogP contribution >= 0.6 is 0 Å². The number of carboxylic acid groups (broad SMARTS) is 1. The third-order valence-corrected chi connectivity index (χ3v) is 3.41. The van der Waals surface area contributed by atoms with E-state index in [1.54, 1.807) is 13.1 Å². The van der Waals surface area contributed by atoms with Gasteiger partial charge >= 0.3 is 5.97 Å². The van der Waals surface area contributed by atoms with Crippen LogP contribution in [0.1, 0.15) is 23.1 Å². The summed E-state index contributed by atoms with van der Waals surface area (Å²) in [5, 5.41) is 13.1. The van der Waals surface area contributed by atoms with Crippen LogP contribution in [0.25, 0.3) is 11.3 Å². The minimum absolute atomic E-state index is 0.0640. The number of rotatable bonds is 4. The van der Waals surface area contributed by atoms with Crippen LogP contribution in [0.2, 0.25) is 0 Å². The molecule has 1 aromatic heterocycles. The lowest BCUT2D eigenvalue weighted by Gasteiger charge is -2.10. The van der Waals surface area contributed by atoms with Crippen molar-refractivity contribution in [1.82, 2.24) is 9.78 Å². The smallest absolute Gasteiger partial charge is 0.303 e. The van der Waals surface area contributed by atoms with Gasteiger partial charge in [-0.1, -0.05) is 17.7 Å². The van der Waals surface area contributed by atoms with E-state index in [4.69, 9.17) is 5.11 Å². The van der Waals surface area contributed by atoms with Gasteiger partial charge < -0.3 is 5.11 Å². The van der Waals surface area contributed by atoms with Gasteiger partial charge in [0.15, 0.2) is 0 Å². The highest BCUT2D eigenvalue weighted by molar-refractivity contribution is 5.67. The van der Waals surface area contributed by atoms with Gasteiger partial charge in [-0.15, -0.1) is 0 Å². The lowest BCUT2D eigenvalue weighted by atomic mass is 10.0. The van der Waals surface area contributed by atoms with Crippen LogP contribution in [0.4, 0.5) is 0 Å². The van der Waals surface area contributed by atoms with Crippen LogP contribution in [-0.4, -0.2) is 20.9 Å². The van der Waals surface area contributed by atoms with E-state index in [1.807, 2.05) is 32.0 Å². The van der Waals surface area contributed by atoms with Crippen molar-refractivity contribution in [2.24, 2.45) is 7.05 Å². The second kappa shape index (κ2) is 5.91. The number of benzene rings is 1. The van der Waals surface area contributed by atoms with E-state index in [2.05, 4.69) is 5.10 Å². The highest BCUT2D eigenvalue weighted by Gasteiger charge is 2.11. The molecule has 1 N–H and O–H groups in total. The number of aromatic nitrogens is 2. The monoisotopic (exact) mass is 286 g/mol. The lowest BCUT2D eigenvalue weighted by Crippen LogP contribution is -2.24. The van der Waals surface area contributed by atoms with E-state index in [9.17, 15) is 9.59 Å². The molecule has 1 aromatic carbocycles. The summed E-state index contributed by atoms with van der Waals surface area (Å²) in [5.74, 6) is -0.915. The number of carbonyl (C=O) groups is 1. The first kappa shape index (κ1) is 15.0. The van der Waals surface area contributed by atoms with Crippen molar-refractivity contribution >= 4 is 5.97 Å². The predicted octanol–water partition coefficient (Wildman–Crippen LogP) is 2.08. The topological polar surface area (TPSA) is 72.2 Å². The van der Waals surface area contributed by atoms with Gasteiger partial charge in [-0.2, -0.15) is 5.10 Å². The molecule has 0 saturated carbocycles. The van der Waals surface area contributed by atoms with Crippen molar-refractivity contribution in [3.8, 4) is 11.3 Å². The van der Waals surface area contributed by atoms with E-state index < -0.39 is 5.97 Å². The largest absolute Gasteiger partial charge is 0.481 e. The Bertz CT molecular complexity index is 748. The van der Waals surface area contributed by atoms with Gasteiger partial charge in [0, 0.05) is 24.6 Å². The summed E-state index contributed by atoms with van der Waals surface area (Å²) in [7, 11) is 1.58. The molecule has 5 heteroatoms. The summed E-state index contributed by atoms with van der Waals surface area (Å²) < 4.78 is 1.27. The molecule has 110 valence electrons. The van der Waals surface area contributed by atoms with Crippen LogP contribution in [-0.2, 0) is 18.3 Å². The molecule has 0 unspecified atom stereocenters. The minimum Gasteiger partial charge on any atom is -0.481 e. The number of aliphatic carboxylic acids is 1. The molecular weight excluding hydrogens is 268 g/mol. The summed E-state index contributed by atoms with van der Waals surface area (Å²) in [6.45, 7) is 3.98. The number of carboxylic acids is 1. The second-order valence-electron chi connectivity index (χ2n) is 5.20. The Balaban J connectivity index is 2.52. The number of hydrogen-bond acceptors (Lipinski definition) is 3. The molecule has 1 heterocycles. The zero-order valence-corrected chi connectivity index (χ0v) is 12.4. The highest BCUT2D eigenvalue weighted by atomic mass is 16.4. The van der Waals surface area contributed by atoms with Crippen molar-refractivity contribution in [1.29, 1.82) is 0 Å². The minimum atomic E-state index is -0.915. The Morgan fingerprint density at radius 3 is 2.67 bits per heavy atom. The van der Waals surface area contributed by atoms with Gasteiger partial charge in [0.1, 0.15) is 0 Å². The molecule has 0 fully saturated rings. The third-order valence-electron chi connectivity index (χ3n) is 3.41. The Morgan fingerprint density at radius 1 is 1.29 bits per heavy atom. The molecular formula is C16H18N2O3. The zero-order chi connectivity index (χ0) is 15.6. The standard InChI is InChI=1S/C16H18N2O3/c1-10-4-5-11(2)13(8-10)14-9-12(6-7-15(19)20)16(21)18(3)17-14/h4-5,8-9H,6-7H2,1-3H3,(H,19,20). The Hall–Kier alpha value is -2.43. The summed E-state index contributed by atoms with van der Waals surface area (Å²) >= 11 is 0. The fraction of sp³-hybridized carbons (Fsp3) is 0.312. The van der Waals surface area contributed by atoms with E-state index in [-0.39, 0.29) is 18.4 Å². The van der Waals surface area contributed by atoms with Crippen molar-refractivity contribution in [2.75, 3.05) is 0 Å². The van der Waals surface area contributed by atoms with Gasteiger partial charge in [-0.25, -0.2) is 4.68 Å². The van der Waals surface area contributed by atoms with Crippen LogP contribution in [0.5, 0.6) is 0 Å². The van der Waals surface area contributed by atoms with E-state index in [1.165, 1.54) is 4.68 Å². The lowest BCUT2D eigenvalue weighted by molar-refractivity contribution is -0.136. The van der Waals surface area contributed by atoms with Gasteiger partial charge in [0.05, 0.1) is 5.69 Å². The molecule has 0 bridgehead atoms. The van der Waals surface area contributed by atoms with Crippen LogP contribution in [0.3, 0.4) is 0 Å². The first-order chi connectivity index (χ1) is 9.88. The first-order valence-corrected chi connectivity index (χ1v) is 6.75. The van der Waals surface area contributed by atoms with E-state index in [0.29, 0.717) is 11.3 Å². The summed E-state index contributed by atoms with van der Waals surface area (Å²) in [6.07, 6.45) is 0.147. The molecule has 0 saturated heterocycles. The van der Waals surface area contributed by atoms with Crippen molar-refractivity contribution in [3.63, 3.8) is 0 Å². The average Bonchev–Trinajstić information content (AvgIpc) is 2.43.